The van der Waals surface area contributed by atoms with Crippen LogP contribution in [0.3, 0.4) is 0 Å². The van der Waals surface area contributed by atoms with Gasteiger partial charge in [-0.3, -0.25) is 9.59 Å². The summed E-state index contributed by atoms with van der Waals surface area (Å²) in [5.41, 5.74) is 5.53. The number of ether oxygens (including phenoxy) is 1. The van der Waals surface area contributed by atoms with Gasteiger partial charge in [-0.05, 0) is 83.2 Å². The highest BCUT2D eigenvalue weighted by Gasteiger charge is 2.22. The summed E-state index contributed by atoms with van der Waals surface area (Å²) >= 11 is 0. The zero-order valence-electron chi connectivity index (χ0n) is 17.8. The summed E-state index contributed by atoms with van der Waals surface area (Å²) < 4.78 is 5.29. The van der Waals surface area contributed by atoms with E-state index in [1.807, 2.05) is 48.5 Å². The molecule has 0 saturated heterocycles. The van der Waals surface area contributed by atoms with Crippen molar-refractivity contribution in [3.63, 3.8) is 0 Å². The van der Waals surface area contributed by atoms with E-state index in [4.69, 9.17) is 4.74 Å². The van der Waals surface area contributed by atoms with Crippen LogP contribution in [0.25, 0.3) is 0 Å². The van der Waals surface area contributed by atoms with Gasteiger partial charge in [0.15, 0.2) is 6.61 Å². The molecule has 6 nitrogen and oxygen atoms in total. The molecule has 1 N–H and O–H groups in total. The van der Waals surface area contributed by atoms with Gasteiger partial charge in [-0.15, -0.1) is 0 Å². The first-order valence-electron chi connectivity index (χ1n) is 9.32. The number of carbonyl (C=O) groups is 3. The van der Waals surface area contributed by atoms with Crippen molar-refractivity contribution < 1.29 is 19.1 Å². The van der Waals surface area contributed by atoms with Gasteiger partial charge in [-0.1, -0.05) is 0 Å². The third kappa shape index (κ3) is 5.55. The molecule has 0 saturated carbocycles. The van der Waals surface area contributed by atoms with Crippen molar-refractivity contribution in [3.05, 3.63) is 33.4 Å². The van der Waals surface area contributed by atoms with E-state index in [0.29, 0.717) is 12.1 Å². The Labute approximate surface area is 162 Å². The minimum Gasteiger partial charge on any atom is -0.452 e. The van der Waals surface area contributed by atoms with Gasteiger partial charge in [0.2, 0.25) is 5.91 Å². The molecule has 0 aliphatic carbocycles. The van der Waals surface area contributed by atoms with E-state index in [-0.39, 0.29) is 31.0 Å². The zero-order chi connectivity index (χ0) is 20.9. The molecule has 0 atom stereocenters. The largest absolute Gasteiger partial charge is 0.452 e. The van der Waals surface area contributed by atoms with E-state index in [1.165, 1.54) is 4.90 Å². The van der Waals surface area contributed by atoms with Crippen LogP contribution >= 0.6 is 0 Å². The number of hydrogen-bond acceptors (Lipinski definition) is 4. The standard InChI is InChI=1S/C21H32N2O4/c1-9-23(10-18(24)22-12(2)3)19(25)11-27-21(26)20-16(7)14(5)13(4)15(6)17(20)8/h12H,9-11H2,1-8H3,(H,22,24). The number of amides is 2. The van der Waals surface area contributed by atoms with E-state index in [2.05, 4.69) is 5.32 Å². The average Bonchev–Trinajstić information content (AvgIpc) is 2.60. The smallest absolute Gasteiger partial charge is 0.339 e. The minimum absolute atomic E-state index is 0.00287. The molecule has 0 aliphatic rings. The topological polar surface area (TPSA) is 75.7 Å². The van der Waals surface area contributed by atoms with Crippen molar-refractivity contribution in [3.8, 4) is 0 Å². The van der Waals surface area contributed by atoms with Crippen molar-refractivity contribution in [2.24, 2.45) is 0 Å². The molecule has 0 radical (unpaired) electrons. The lowest BCUT2D eigenvalue weighted by atomic mass is 9.90. The average molecular weight is 376 g/mol. The van der Waals surface area contributed by atoms with Crippen LogP contribution in [0, 0.1) is 34.6 Å². The Kier molecular flexibility index (Phi) is 8.00. The molecule has 27 heavy (non-hydrogen) atoms. The second kappa shape index (κ2) is 9.53. The van der Waals surface area contributed by atoms with E-state index in [1.54, 1.807) is 6.92 Å². The molecule has 0 aliphatic heterocycles. The molecular weight excluding hydrogens is 344 g/mol. The summed E-state index contributed by atoms with van der Waals surface area (Å²) in [7, 11) is 0. The maximum Gasteiger partial charge on any atom is 0.339 e. The lowest BCUT2D eigenvalue weighted by Crippen LogP contribution is -2.44. The predicted molar refractivity (Wildman–Crippen MR) is 106 cm³/mol. The summed E-state index contributed by atoms with van der Waals surface area (Å²) in [6, 6.07) is 0.00287. The van der Waals surface area contributed by atoms with E-state index < -0.39 is 5.97 Å². The summed E-state index contributed by atoms with van der Waals surface area (Å²) in [5.74, 6) is -1.13. The van der Waals surface area contributed by atoms with Crippen LogP contribution in [0.4, 0.5) is 0 Å². The molecule has 0 heterocycles. The maximum absolute atomic E-state index is 12.6. The lowest BCUT2D eigenvalue weighted by molar-refractivity contribution is -0.138. The quantitative estimate of drug-likeness (QED) is 0.743. The third-order valence-corrected chi connectivity index (χ3v) is 5.05. The van der Waals surface area contributed by atoms with Crippen molar-refractivity contribution in [1.29, 1.82) is 0 Å². The number of esters is 1. The van der Waals surface area contributed by atoms with Gasteiger partial charge in [0.25, 0.3) is 5.91 Å². The van der Waals surface area contributed by atoms with Crippen LogP contribution in [0.5, 0.6) is 0 Å². The summed E-state index contributed by atoms with van der Waals surface area (Å²) in [6.07, 6.45) is 0. The Hall–Kier alpha value is -2.37. The van der Waals surface area contributed by atoms with Crippen molar-refractivity contribution in [2.75, 3.05) is 19.7 Å². The van der Waals surface area contributed by atoms with Gasteiger partial charge in [0.1, 0.15) is 0 Å². The van der Waals surface area contributed by atoms with Crippen LogP contribution in [0.2, 0.25) is 0 Å². The number of nitrogens with one attached hydrogen (secondary N) is 1. The fourth-order valence-corrected chi connectivity index (χ4v) is 3.01. The highest BCUT2D eigenvalue weighted by atomic mass is 16.5. The third-order valence-electron chi connectivity index (χ3n) is 5.05. The monoisotopic (exact) mass is 376 g/mol. The van der Waals surface area contributed by atoms with Gasteiger partial charge in [0.05, 0.1) is 12.1 Å². The molecule has 0 spiro atoms. The fraction of sp³-hybridized carbons (Fsp3) is 0.571. The van der Waals surface area contributed by atoms with Crippen LogP contribution < -0.4 is 5.32 Å². The van der Waals surface area contributed by atoms with Crippen LogP contribution in [-0.2, 0) is 14.3 Å². The molecule has 1 rings (SSSR count). The second-order valence-corrected chi connectivity index (χ2v) is 7.21. The Morgan fingerprint density at radius 1 is 0.926 bits per heavy atom. The van der Waals surface area contributed by atoms with Gasteiger partial charge in [-0.2, -0.15) is 0 Å². The predicted octanol–water partition coefficient (Wildman–Crippen LogP) is 2.76. The lowest BCUT2D eigenvalue weighted by Gasteiger charge is -2.22. The van der Waals surface area contributed by atoms with Crippen LogP contribution in [0.15, 0.2) is 0 Å². The first-order chi connectivity index (χ1) is 12.5. The summed E-state index contributed by atoms with van der Waals surface area (Å²) in [6.45, 7) is 15.2. The number of likely N-dealkylation sites (N-methyl/N-ethyl adjacent to an activating group) is 1. The molecule has 2 amide bonds. The van der Waals surface area contributed by atoms with E-state index in [9.17, 15) is 14.4 Å². The second-order valence-electron chi connectivity index (χ2n) is 7.21. The van der Waals surface area contributed by atoms with Gasteiger partial charge in [0, 0.05) is 12.6 Å². The van der Waals surface area contributed by atoms with E-state index in [0.717, 1.165) is 27.8 Å². The summed E-state index contributed by atoms with van der Waals surface area (Å²) in [5, 5.41) is 2.75. The van der Waals surface area contributed by atoms with Crippen LogP contribution in [0.1, 0.15) is 58.9 Å². The SMILES string of the molecule is CCN(CC(=O)NC(C)C)C(=O)COC(=O)c1c(C)c(C)c(C)c(C)c1C. The van der Waals surface area contributed by atoms with Crippen molar-refractivity contribution in [2.45, 2.75) is 61.4 Å². The molecule has 1 aromatic rings. The number of hydrogen-bond donors (Lipinski definition) is 1. The fourth-order valence-electron chi connectivity index (χ4n) is 3.01. The highest BCUT2D eigenvalue weighted by Crippen LogP contribution is 2.26. The molecule has 0 aromatic heterocycles. The number of carbonyl (C=O) groups excluding carboxylic acids is 3. The van der Waals surface area contributed by atoms with Gasteiger partial charge >= 0.3 is 5.97 Å². The highest BCUT2D eigenvalue weighted by molar-refractivity contribution is 5.95. The molecular formula is C21H32N2O4. The zero-order valence-corrected chi connectivity index (χ0v) is 17.8. The van der Waals surface area contributed by atoms with Crippen molar-refractivity contribution in [1.82, 2.24) is 10.2 Å². The minimum atomic E-state index is -0.507. The van der Waals surface area contributed by atoms with E-state index >= 15 is 0 Å². The molecule has 1 aromatic carbocycles. The molecule has 0 fully saturated rings. The number of nitrogens with zero attached hydrogens (tertiary/aromatic N) is 1. The Balaban J connectivity index is 2.84. The molecule has 6 heteroatoms. The molecule has 0 unspecified atom stereocenters. The Morgan fingerprint density at radius 2 is 1.41 bits per heavy atom. The van der Waals surface area contributed by atoms with Crippen molar-refractivity contribution >= 4 is 17.8 Å². The van der Waals surface area contributed by atoms with Crippen LogP contribution in [-0.4, -0.2) is 48.4 Å². The Morgan fingerprint density at radius 3 is 1.85 bits per heavy atom. The summed E-state index contributed by atoms with van der Waals surface area (Å²) in [4.78, 5) is 38.2. The van der Waals surface area contributed by atoms with Gasteiger partial charge < -0.3 is 15.0 Å². The van der Waals surface area contributed by atoms with Gasteiger partial charge in [-0.25, -0.2) is 4.79 Å². The number of benzene rings is 1. The Bertz CT molecular complexity index is 709. The maximum atomic E-state index is 12.6. The number of rotatable bonds is 7. The molecule has 150 valence electrons. The first kappa shape index (κ1) is 22.7. The molecule has 0 bridgehead atoms. The normalized spacial score (nSPS) is 10.7. The first-order valence-corrected chi connectivity index (χ1v) is 9.32.